The number of rotatable bonds is 6. The number of carbonyl (C=O) groups is 1. The lowest BCUT2D eigenvalue weighted by Crippen LogP contribution is -2.51. The largest absolute Gasteiger partial charge is 0.506 e. The average Bonchev–Trinajstić information content (AvgIpc) is 3.41. The second-order valence-corrected chi connectivity index (χ2v) is 7.44. The summed E-state index contributed by atoms with van der Waals surface area (Å²) < 4.78 is 6.23. The Hall–Kier alpha value is -1.26. The Labute approximate surface area is 148 Å². The number of phenols is 1. The van der Waals surface area contributed by atoms with Gasteiger partial charge in [-0.25, -0.2) is 0 Å². The lowest BCUT2D eigenvalue weighted by molar-refractivity contribution is -0.147. The third-order valence-corrected chi connectivity index (χ3v) is 5.24. The van der Waals surface area contributed by atoms with Crippen LogP contribution in [0.15, 0.2) is 18.2 Å². The fourth-order valence-corrected chi connectivity index (χ4v) is 3.54. The minimum absolute atomic E-state index is 0.0488. The van der Waals surface area contributed by atoms with Crippen LogP contribution in [0, 0.1) is 5.92 Å². The SMILES string of the molecule is CCCC[C@@H]1CN(C(=O)Cc2ccc(O)c(Cl)c2)C[C@H](C2CC2)O1. The van der Waals surface area contributed by atoms with E-state index >= 15 is 0 Å². The maximum atomic E-state index is 12.7. The van der Waals surface area contributed by atoms with Crippen molar-refractivity contribution in [2.24, 2.45) is 5.92 Å². The van der Waals surface area contributed by atoms with Crippen LogP contribution in [0.4, 0.5) is 0 Å². The zero-order valence-corrected chi connectivity index (χ0v) is 15.0. The van der Waals surface area contributed by atoms with Gasteiger partial charge < -0.3 is 14.7 Å². The summed E-state index contributed by atoms with van der Waals surface area (Å²) in [5.74, 6) is 0.799. The van der Waals surface area contributed by atoms with Gasteiger partial charge >= 0.3 is 0 Å². The summed E-state index contributed by atoms with van der Waals surface area (Å²) in [6, 6.07) is 4.97. The fourth-order valence-electron chi connectivity index (χ4n) is 3.34. The molecule has 132 valence electrons. The van der Waals surface area contributed by atoms with E-state index in [1.807, 2.05) is 4.90 Å². The smallest absolute Gasteiger partial charge is 0.227 e. The highest BCUT2D eigenvalue weighted by Gasteiger charge is 2.39. The zero-order chi connectivity index (χ0) is 17.1. The Morgan fingerprint density at radius 3 is 2.83 bits per heavy atom. The molecule has 2 aliphatic rings. The first-order valence-electron chi connectivity index (χ1n) is 8.97. The molecule has 1 aliphatic carbocycles. The van der Waals surface area contributed by atoms with Crippen molar-refractivity contribution in [1.29, 1.82) is 0 Å². The zero-order valence-electron chi connectivity index (χ0n) is 14.2. The molecule has 1 saturated heterocycles. The van der Waals surface area contributed by atoms with E-state index in [0.29, 0.717) is 30.5 Å². The fraction of sp³-hybridized carbons (Fsp3) is 0.632. The number of hydrogen-bond donors (Lipinski definition) is 1. The Balaban J connectivity index is 1.63. The summed E-state index contributed by atoms with van der Waals surface area (Å²) in [5, 5.41) is 9.79. The standard InChI is InChI=1S/C19H26ClNO3/c1-2-3-4-15-11-21(12-18(24-15)14-6-7-14)19(23)10-13-5-8-17(22)16(20)9-13/h5,8-9,14-15,18,22H,2-4,6-7,10-12H2,1H3/t15-,18-/m1/s1. The summed E-state index contributed by atoms with van der Waals surface area (Å²) >= 11 is 5.94. The van der Waals surface area contributed by atoms with Gasteiger partial charge in [0.05, 0.1) is 23.7 Å². The molecule has 1 N–H and O–H groups in total. The summed E-state index contributed by atoms with van der Waals surface area (Å²) in [5.41, 5.74) is 0.836. The molecule has 3 rings (SSSR count). The highest BCUT2D eigenvalue weighted by Crippen LogP contribution is 2.37. The van der Waals surface area contributed by atoms with E-state index in [4.69, 9.17) is 16.3 Å². The van der Waals surface area contributed by atoms with Crippen molar-refractivity contribution in [2.45, 2.75) is 57.7 Å². The highest BCUT2D eigenvalue weighted by molar-refractivity contribution is 6.32. The second kappa shape index (κ2) is 7.75. The topological polar surface area (TPSA) is 49.8 Å². The van der Waals surface area contributed by atoms with E-state index in [2.05, 4.69) is 6.92 Å². The minimum atomic E-state index is 0.0488. The number of carbonyl (C=O) groups excluding carboxylic acids is 1. The number of aromatic hydroxyl groups is 1. The van der Waals surface area contributed by atoms with E-state index in [1.54, 1.807) is 18.2 Å². The molecule has 1 saturated carbocycles. The summed E-state index contributed by atoms with van der Waals surface area (Å²) in [7, 11) is 0. The second-order valence-electron chi connectivity index (χ2n) is 7.04. The molecule has 5 heteroatoms. The number of amides is 1. The van der Waals surface area contributed by atoms with Gasteiger partial charge in [-0.1, -0.05) is 37.4 Å². The molecule has 4 nitrogen and oxygen atoms in total. The van der Waals surface area contributed by atoms with Crippen molar-refractivity contribution in [3.05, 3.63) is 28.8 Å². The first kappa shape index (κ1) is 17.6. The molecular weight excluding hydrogens is 326 g/mol. The van der Waals surface area contributed by atoms with Crippen molar-refractivity contribution in [3.63, 3.8) is 0 Å². The normalized spacial score (nSPS) is 24.2. The summed E-state index contributed by atoms with van der Waals surface area (Å²) in [6.07, 6.45) is 6.43. The van der Waals surface area contributed by atoms with Crippen LogP contribution in [-0.2, 0) is 16.0 Å². The molecule has 1 heterocycles. The molecule has 0 bridgehead atoms. The maximum absolute atomic E-state index is 12.7. The maximum Gasteiger partial charge on any atom is 0.227 e. The lowest BCUT2D eigenvalue weighted by atomic mass is 10.1. The first-order chi connectivity index (χ1) is 11.6. The lowest BCUT2D eigenvalue weighted by Gasteiger charge is -2.38. The number of phenolic OH excluding ortho intramolecular Hbond substituents is 1. The van der Waals surface area contributed by atoms with Crippen molar-refractivity contribution < 1.29 is 14.6 Å². The predicted octanol–water partition coefficient (Wildman–Crippen LogP) is 3.78. The van der Waals surface area contributed by atoms with Gasteiger partial charge in [-0.05, 0) is 42.9 Å². The van der Waals surface area contributed by atoms with E-state index in [1.165, 1.54) is 12.8 Å². The molecule has 0 spiro atoms. The Bertz CT molecular complexity index is 588. The Morgan fingerprint density at radius 2 is 2.17 bits per heavy atom. The van der Waals surface area contributed by atoms with Crippen LogP contribution in [-0.4, -0.2) is 41.2 Å². The van der Waals surface area contributed by atoms with Gasteiger partial charge in [0, 0.05) is 13.1 Å². The molecule has 1 aromatic rings. The molecule has 1 aromatic carbocycles. The Morgan fingerprint density at radius 1 is 1.38 bits per heavy atom. The number of unbranched alkanes of at least 4 members (excludes halogenated alkanes) is 1. The van der Waals surface area contributed by atoms with Crippen LogP contribution in [0.3, 0.4) is 0 Å². The molecule has 1 amide bonds. The number of benzene rings is 1. The van der Waals surface area contributed by atoms with Gasteiger partial charge in [0.2, 0.25) is 5.91 Å². The summed E-state index contributed by atoms with van der Waals surface area (Å²) in [6.45, 7) is 3.57. The van der Waals surface area contributed by atoms with Gasteiger partial charge in [-0.2, -0.15) is 0 Å². The van der Waals surface area contributed by atoms with Crippen LogP contribution in [0.2, 0.25) is 5.02 Å². The van der Waals surface area contributed by atoms with Gasteiger partial charge in [-0.15, -0.1) is 0 Å². The molecule has 2 atom stereocenters. The van der Waals surface area contributed by atoms with E-state index < -0.39 is 0 Å². The van der Waals surface area contributed by atoms with Gasteiger partial charge in [0.15, 0.2) is 0 Å². The number of morpholine rings is 1. The minimum Gasteiger partial charge on any atom is -0.506 e. The molecule has 24 heavy (non-hydrogen) atoms. The van der Waals surface area contributed by atoms with E-state index in [0.717, 1.165) is 24.8 Å². The van der Waals surface area contributed by atoms with Gasteiger partial charge in [0.25, 0.3) is 0 Å². The van der Waals surface area contributed by atoms with Crippen molar-refractivity contribution in [1.82, 2.24) is 4.90 Å². The molecule has 0 aromatic heterocycles. The van der Waals surface area contributed by atoms with E-state index in [-0.39, 0.29) is 23.9 Å². The van der Waals surface area contributed by atoms with Crippen LogP contribution < -0.4 is 0 Å². The third-order valence-electron chi connectivity index (χ3n) is 4.94. The van der Waals surface area contributed by atoms with Crippen molar-refractivity contribution in [3.8, 4) is 5.75 Å². The van der Waals surface area contributed by atoms with Crippen LogP contribution >= 0.6 is 11.6 Å². The number of halogens is 1. The van der Waals surface area contributed by atoms with Crippen molar-refractivity contribution >= 4 is 17.5 Å². The molecule has 2 fully saturated rings. The highest BCUT2D eigenvalue weighted by atomic mass is 35.5. The first-order valence-corrected chi connectivity index (χ1v) is 9.35. The number of ether oxygens (including phenoxy) is 1. The molecule has 0 unspecified atom stereocenters. The summed E-state index contributed by atoms with van der Waals surface area (Å²) in [4.78, 5) is 14.7. The monoisotopic (exact) mass is 351 g/mol. The molecule has 0 radical (unpaired) electrons. The molecular formula is C19H26ClNO3. The average molecular weight is 352 g/mol. The van der Waals surface area contributed by atoms with Crippen LogP contribution in [0.25, 0.3) is 0 Å². The molecule has 1 aliphatic heterocycles. The number of nitrogens with zero attached hydrogens (tertiary/aromatic N) is 1. The van der Waals surface area contributed by atoms with Gasteiger partial charge in [-0.3, -0.25) is 4.79 Å². The number of hydrogen-bond acceptors (Lipinski definition) is 3. The predicted molar refractivity (Wildman–Crippen MR) is 94.3 cm³/mol. The van der Waals surface area contributed by atoms with Crippen LogP contribution in [0.1, 0.15) is 44.6 Å². The Kier molecular flexibility index (Phi) is 5.67. The quantitative estimate of drug-likeness (QED) is 0.848. The van der Waals surface area contributed by atoms with E-state index in [9.17, 15) is 9.90 Å². The third kappa shape index (κ3) is 4.42. The van der Waals surface area contributed by atoms with Gasteiger partial charge in [0.1, 0.15) is 5.75 Å². The van der Waals surface area contributed by atoms with Crippen molar-refractivity contribution in [2.75, 3.05) is 13.1 Å². The van der Waals surface area contributed by atoms with Crippen LogP contribution in [0.5, 0.6) is 5.75 Å².